The molecule has 0 rings (SSSR count). The molecule has 0 aromatic rings. The van der Waals surface area contributed by atoms with Gasteiger partial charge in [0.2, 0.25) is 10.0 Å². The Morgan fingerprint density at radius 3 is 2.27 bits per heavy atom. The van der Waals surface area contributed by atoms with Gasteiger partial charge in [-0.1, -0.05) is 0 Å². The summed E-state index contributed by atoms with van der Waals surface area (Å²) in [6.45, 7) is 2.85. The monoisotopic (exact) mass is 180 g/mol. The summed E-state index contributed by atoms with van der Waals surface area (Å²) in [6, 6.07) is 0. The lowest BCUT2D eigenvalue weighted by molar-refractivity contribution is 0.412. The molecule has 0 aromatic heterocycles. The van der Waals surface area contributed by atoms with Gasteiger partial charge in [-0.3, -0.25) is 0 Å². The minimum Gasteiger partial charge on any atom is -0.308 e. The van der Waals surface area contributed by atoms with Gasteiger partial charge in [-0.05, 0) is 21.0 Å². The molecular formula is C6H16N2O2S. The maximum Gasteiger partial charge on any atom is 0.211 e. The summed E-state index contributed by atoms with van der Waals surface area (Å²) >= 11 is 0. The number of nitrogens with one attached hydrogen (secondary N) is 1. The van der Waals surface area contributed by atoms with Gasteiger partial charge in [-0.15, -0.1) is 0 Å². The van der Waals surface area contributed by atoms with Crippen molar-refractivity contribution in [1.82, 2.24) is 9.62 Å². The maximum absolute atomic E-state index is 10.9. The van der Waals surface area contributed by atoms with Crippen LogP contribution in [0, 0.1) is 0 Å². The molecule has 0 saturated carbocycles. The van der Waals surface area contributed by atoms with E-state index in [1.165, 1.54) is 0 Å². The largest absolute Gasteiger partial charge is 0.308 e. The lowest BCUT2D eigenvalue weighted by Gasteiger charge is -2.09. The van der Waals surface area contributed by atoms with Gasteiger partial charge >= 0.3 is 0 Å². The van der Waals surface area contributed by atoms with Crippen molar-refractivity contribution >= 4 is 10.0 Å². The predicted octanol–water partition coefficient (Wildman–Crippen LogP) is -0.513. The third-order valence-corrected chi connectivity index (χ3v) is 2.67. The number of sulfonamides is 1. The summed E-state index contributed by atoms with van der Waals surface area (Å²) in [6.07, 6.45) is 0. The Balaban J connectivity index is 3.55. The average Bonchev–Trinajstić information content (AvgIpc) is 1.87. The molecule has 0 saturated heterocycles. The average molecular weight is 180 g/mol. The van der Waals surface area contributed by atoms with Gasteiger partial charge in [-0.25, -0.2) is 13.1 Å². The zero-order chi connectivity index (χ0) is 8.91. The molecule has 0 aliphatic rings. The zero-order valence-corrected chi connectivity index (χ0v) is 8.11. The van der Waals surface area contributed by atoms with Gasteiger partial charge in [0, 0.05) is 13.1 Å². The lowest BCUT2D eigenvalue weighted by atomic mass is 10.6. The first-order valence-electron chi connectivity index (χ1n) is 3.60. The van der Waals surface area contributed by atoms with E-state index in [-0.39, 0.29) is 5.75 Å². The summed E-state index contributed by atoms with van der Waals surface area (Å²) < 4.78 is 24.2. The van der Waals surface area contributed by atoms with Gasteiger partial charge in [0.25, 0.3) is 0 Å². The van der Waals surface area contributed by atoms with E-state index in [1.807, 2.05) is 19.0 Å². The van der Waals surface area contributed by atoms with Crippen molar-refractivity contribution in [1.29, 1.82) is 0 Å². The van der Waals surface area contributed by atoms with E-state index in [0.29, 0.717) is 6.54 Å². The first-order valence-corrected chi connectivity index (χ1v) is 5.25. The molecule has 4 nitrogen and oxygen atoms in total. The normalized spacial score (nSPS) is 12.4. The van der Waals surface area contributed by atoms with Crippen molar-refractivity contribution in [2.45, 2.75) is 6.92 Å². The molecule has 0 aromatic carbocycles. The van der Waals surface area contributed by atoms with Gasteiger partial charge in [-0.2, -0.15) is 0 Å². The smallest absolute Gasteiger partial charge is 0.211 e. The SMILES string of the molecule is CCS(=O)(=O)NCCN(C)C. The highest BCUT2D eigenvalue weighted by atomic mass is 32.2. The van der Waals surface area contributed by atoms with E-state index >= 15 is 0 Å². The molecule has 0 spiro atoms. The van der Waals surface area contributed by atoms with Crippen molar-refractivity contribution in [2.24, 2.45) is 0 Å². The van der Waals surface area contributed by atoms with Crippen LogP contribution < -0.4 is 4.72 Å². The minimum absolute atomic E-state index is 0.153. The van der Waals surface area contributed by atoms with E-state index < -0.39 is 10.0 Å². The third kappa shape index (κ3) is 6.28. The molecule has 0 unspecified atom stereocenters. The Kier molecular flexibility index (Phi) is 4.63. The number of rotatable bonds is 5. The van der Waals surface area contributed by atoms with Crippen LogP contribution in [0.15, 0.2) is 0 Å². The van der Waals surface area contributed by atoms with Crippen LogP contribution in [0.5, 0.6) is 0 Å². The highest BCUT2D eigenvalue weighted by Gasteiger charge is 2.03. The fourth-order valence-electron chi connectivity index (χ4n) is 0.527. The highest BCUT2D eigenvalue weighted by molar-refractivity contribution is 7.89. The Labute approximate surface area is 68.6 Å². The lowest BCUT2D eigenvalue weighted by Crippen LogP contribution is -2.32. The summed E-state index contributed by atoms with van der Waals surface area (Å²) in [5.74, 6) is 0.153. The van der Waals surface area contributed by atoms with Crippen LogP contribution in [0.2, 0.25) is 0 Å². The first-order chi connectivity index (χ1) is 4.98. The van der Waals surface area contributed by atoms with Crippen LogP contribution in [0.25, 0.3) is 0 Å². The molecule has 5 heteroatoms. The molecule has 0 amide bonds. The molecule has 0 atom stereocenters. The first kappa shape index (κ1) is 10.9. The highest BCUT2D eigenvalue weighted by Crippen LogP contribution is 1.81. The molecule has 0 radical (unpaired) electrons. The van der Waals surface area contributed by atoms with Crippen molar-refractivity contribution in [2.75, 3.05) is 32.9 Å². The molecule has 68 valence electrons. The van der Waals surface area contributed by atoms with Crippen molar-refractivity contribution in [3.05, 3.63) is 0 Å². The fourth-order valence-corrected chi connectivity index (χ4v) is 1.13. The molecule has 0 aliphatic carbocycles. The van der Waals surface area contributed by atoms with E-state index in [1.54, 1.807) is 6.92 Å². The van der Waals surface area contributed by atoms with E-state index in [0.717, 1.165) is 6.54 Å². The predicted molar refractivity (Wildman–Crippen MR) is 46.0 cm³/mol. The van der Waals surface area contributed by atoms with Crippen LogP contribution >= 0.6 is 0 Å². The topological polar surface area (TPSA) is 49.4 Å². The van der Waals surface area contributed by atoms with Crippen LogP contribution in [-0.2, 0) is 10.0 Å². The molecule has 0 bridgehead atoms. The molecule has 11 heavy (non-hydrogen) atoms. The molecule has 0 aliphatic heterocycles. The van der Waals surface area contributed by atoms with Crippen LogP contribution in [0.1, 0.15) is 6.92 Å². The summed E-state index contributed by atoms with van der Waals surface area (Å²) in [7, 11) is 0.814. The Morgan fingerprint density at radius 2 is 1.91 bits per heavy atom. The number of likely N-dealkylation sites (N-methyl/N-ethyl adjacent to an activating group) is 1. The quantitative estimate of drug-likeness (QED) is 0.620. The molecule has 0 heterocycles. The minimum atomic E-state index is -2.99. The van der Waals surface area contributed by atoms with Crippen molar-refractivity contribution < 1.29 is 8.42 Å². The number of nitrogens with zero attached hydrogens (tertiary/aromatic N) is 1. The van der Waals surface area contributed by atoms with Gasteiger partial charge in [0.1, 0.15) is 0 Å². The molecular weight excluding hydrogens is 164 g/mol. The second kappa shape index (κ2) is 4.69. The van der Waals surface area contributed by atoms with E-state index in [4.69, 9.17) is 0 Å². The summed E-state index contributed by atoms with van der Waals surface area (Å²) in [5, 5.41) is 0. The Hall–Kier alpha value is -0.130. The Bertz CT molecular complexity index is 187. The summed E-state index contributed by atoms with van der Waals surface area (Å²) in [4.78, 5) is 1.93. The standard InChI is InChI=1S/C6H16N2O2S/c1-4-11(9,10)7-5-6-8(2)3/h7H,4-6H2,1-3H3. The van der Waals surface area contributed by atoms with Gasteiger partial charge in [0.05, 0.1) is 5.75 Å². The van der Waals surface area contributed by atoms with Gasteiger partial charge < -0.3 is 4.90 Å². The van der Waals surface area contributed by atoms with E-state index in [9.17, 15) is 8.42 Å². The Morgan fingerprint density at radius 1 is 1.36 bits per heavy atom. The van der Waals surface area contributed by atoms with Crippen LogP contribution in [-0.4, -0.2) is 46.3 Å². The number of hydrogen-bond acceptors (Lipinski definition) is 3. The van der Waals surface area contributed by atoms with Crippen LogP contribution in [0.4, 0.5) is 0 Å². The maximum atomic E-state index is 10.9. The summed E-state index contributed by atoms with van der Waals surface area (Å²) in [5.41, 5.74) is 0. The van der Waals surface area contributed by atoms with Crippen LogP contribution in [0.3, 0.4) is 0 Å². The second-order valence-electron chi connectivity index (χ2n) is 2.60. The molecule has 1 N–H and O–H groups in total. The zero-order valence-electron chi connectivity index (χ0n) is 7.29. The number of hydrogen-bond donors (Lipinski definition) is 1. The van der Waals surface area contributed by atoms with E-state index in [2.05, 4.69) is 4.72 Å². The fraction of sp³-hybridized carbons (Fsp3) is 1.00. The second-order valence-corrected chi connectivity index (χ2v) is 4.70. The van der Waals surface area contributed by atoms with Crippen molar-refractivity contribution in [3.63, 3.8) is 0 Å². The molecule has 0 fully saturated rings. The van der Waals surface area contributed by atoms with Crippen molar-refractivity contribution in [3.8, 4) is 0 Å². The third-order valence-electron chi connectivity index (χ3n) is 1.26. The van der Waals surface area contributed by atoms with Gasteiger partial charge in [0.15, 0.2) is 0 Å².